The van der Waals surface area contributed by atoms with Crippen LogP contribution in [-0.4, -0.2) is 14.8 Å². The molecule has 0 amide bonds. The van der Waals surface area contributed by atoms with Gasteiger partial charge in [-0.25, -0.2) is 4.39 Å². The third-order valence-electron chi connectivity index (χ3n) is 2.13. The van der Waals surface area contributed by atoms with E-state index in [1.165, 1.54) is 0 Å². The SMILES string of the molecule is Cc1ccnc(Cn2ccc(N)n2)c1F. The van der Waals surface area contributed by atoms with Crippen LogP contribution in [-0.2, 0) is 6.54 Å². The zero-order valence-corrected chi connectivity index (χ0v) is 8.31. The molecule has 15 heavy (non-hydrogen) atoms. The summed E-state index contributed by atoms with van der Waals surface area (Å²) in [6.07, 6.45) is 3.28. The molecule has 2 heterocycles. The maximum atomic E-state index is 13.6. The molecule has 0 spiro atoms. The fraction of sp³-hybridized carbons (Fsp3) is 0.200. The molecule has 0 saturated carbocycles. The first-order chi connectivity index (χ1) is 7.16. The molecule has 0 aliphatic heterocycles. The van der Waals surface area contributed by atoms with E-state index in [0.29, 0.717) is 23.6 Å². The van der Waals surface area contributed by atoms with E-state index in [-0.39, 0.29) is 5.82 Å². The van der Waals surface area contributed by atoms with Crippen molar-refractivity contribution in [1.82, 2.24) is 14.8 Å². The van der Waals surface area contributed by atoms with Crippen LogP contribution in [0.15, 0.2) is 24.5 Å². The summed E-state index contributed by atoms with van der Waals surface area (Å²) in [5, 5.41) is 3.96. The highest BCUT2D eigenvalue weighted by atomic mass is 19.1. The van der Waals surface area contributed by atoms with E-state index in [1.54, 1.807) is 36.1 Å². The van der Waals surface area contributed by atoms with Gasteiger partial charge in [-0.15, -0.1) is 0 Å². The molecule has 4 nitrogen and oxygen atoms in total. The van der Waals surface area contributed by atoms with Crippen LogP contribution in [0.3, 0.4) is 0 Å². The normalized spacial score (nSPS) is 10.5. The molecule has 0 aliphatic rings. The van der Waals surface area contributed by atoms with Gasteiger partial charge in [0.1, 0.15) is 11.6 Å². The Morgan fingerprint density at radius 3 is 2.93 bits per heavy atom. The van der Waals surface area contributed by atoms with Crippen molar-refractivity contribution in [2.24, 2.45) is 0 Å². The van der Waals surface area contributed by atoms with Gasteiger partial charge in [0, 0.05) is 12.4 Å². The van der Waals surface area contributed by atoms with Crippen LogP contribution in [0.2, 0.25) is 0 Å². The molecule has 0 bridgehead atoms. The Morgan fingerprint density at radius 2 is 2.27 bits per heavy atom. The van der Waals surface area contributed by atoms with Crippen molar-refractivity contribution in [2.75, 3.05) is 5.73 Å². The summed E-state index contributed by atoms with van der Waals surface area (Å²) in [4.78, 5) is 3.97. The molecule has 2 rings (SSSR count). The molecule has 0 aliphatic carbocycles. The molecular weight excluding hydrogens is 195 g/mol. The Hall–Kier alpha value is -1.91. The molecule has 0 atom stereocenters. The number of aryl methyl sites for hydroxylation is 1. The number of aromatic nitrogens is 3. The van der Waals surface area contributed by atoms with Gasteiger partial charge >= 0.3 is 0 Å². The van der Waals surface area contributed by atoms with Crippen molar-refractivity contribution in [1.29, 1.82) is 0 Å². The van der Waals surface area contributed by atoms with Gasteiger partial charge in [0.05, 0.1) is 12.2 Å². The average Bonchev–Trinajstić information content (AvgIpc) is 2.59. The molecule has 5 heteroatoms. The first-order valence-electron chi connectivity index (χ1n) is 4.56. The number of anilines is 1. The largest absolute Gasteiger partial charge is 0.382 e. The number of hydrogen-bond acceptors (Lipinski definition) is 3. The Balaban J connectivity index is 2.28. The lowest BCUT2D eigenvalue weighted by atomic mass is 10.2. The first kappa shape index (κ1) is 9.64. The van der Waals surface area contributed by atoms with Gasteiger partial charge in [-0.05, 0) is 24.6 Å². The van der Waals surface area contributed by atoms with Gasteiger partial charge in [-0.2, -0.15) is 5.10 Å². The lowest BCUT2D eigenvalue weighted by Gasteiger charge is -2.04. The summed E-state index contributed by atoms with van der Waals surface area (Å²) in [5.41, 5.74) is 6.41. The topological polar surface area (TPSA) is 56.7 Å². The van der Waals surface area contributed by atoms with Crippen LogP contribution in [0.1, 0.15) is 11.3 Å². The molecule has 2 aromatic rings. The molecule has 0 fully saturated rings. The van der Waals surface area contributed by atoms with E-state index in [9.17, 15) is 4.39 Å². The van der Waals surface area contributed by atoms with Crippen LogP contribution in [0.25, 0.3) is 0 Å². The van der Waals surface area contributed by atoms with Crippen LogP contribution in [0, 0.1) is 12.7 Å². The average molecular weight is 206 g/mol. The predicted octanol–water partition coefficient (Wildman–Crippen LogP) is 1.36. The molecule has 0 aromatic carbocycles. The van der Waals surface area contributed by atoms with Crippen molar-refractivity contribution >= 4 is 5.82 Å². The molecule has 2 N–H and O–H groups in total. The first-order valence-corrected chi connectivity index (χ1v) is 4.56. The monoisotopic (exact) mass is 206 g/mol. The van der Waals surface area contributed by atoms with Gasteiger partial charge in [0.25, 0.3) is 0 Å². The number of halogens is 1. The number of pyridine rings is 1. The standard InChI is InChI=1S/C10H11FN4/c1-7-2-4-13-8(10(7)11)6-15-5-3-9(12)14-15/h2-5H,6H2,1H3,(H2,12,14). The van der Waals surface area contributed by atoms with Crippen LogP contribution >= 0.6 is 0 Å². The van der Waals surface area contributed by atoms with Crippen molar-refractivity contribution in [3.05, 3.63) is 41.6 Å². The van der Waals surface area contributed by atoms with Gasteiger partial charge in [-0.1, -0.05) is 0 Å². The summed E-state index contributed by atoms with van der Waals surface area (Å²) in [6, 6.07) is 3.30. The molecule has 0 radical (unpaired) electrons. The Kier molecular flexibility index (Phi) is 2.37. The zero-order chi connectivity index (χ0) is 10.8. The van der Waals surface area contributed by atoms with E-state index < -0.39 is 0 Å². The van der Waals surface area contributed by atoms with Gasteiger partial charge in [0.15, 0.2) is 0 Å². The second-order valence-corrected chi connectivity index (χ2v) is 3.33. The fourth-order valence-electron chi connectivity index (χ4n) is 1.33. The van der Waals surface area contributed by atoms with Crippen LogP contribution in [0.5, 0.6) is 0 Å². The minimum absolute atomic E-state index is 0.286. The number of rotatable bonds is 2. The summed E-state index contributed by atoms with van der Waals surface area (Å²) < 4.78 is 15.1. The minimum atomic E-state index is -0.286. The van der Waals surface area contributed by atoms with E-state index in [0.717, 1.165) is 0 Å². The Labute approximate surface area is 86.6 Å². The number of nitrogens with zero attached hydrogens (tertiary/aromatic N) is 3. The van der Waals surface area contributed by atoms with Crippen molar-refractivity contribution < 1.29 is 4.39 Å². The number of nitrogens with two attached hydrogens (primary N) is 1. The number of hydrogen-bond donors (Lipinski definition) is 1. The Morgan fingerprint density at radius 1 is 1.47 bits per heavy atom. The quantitative estimate of drug-likeness (QED) is 0.807. The van der Waals surface area contributed by atoms with Crippen molar-refractivity contribution in [3.63, 3.8) is 0 Å². The molecule has 78 valence electrons. The molecule has 2 aromatic heterocycles. The number of nitrogen functional groups attached to an aromatic ring is 1. The maximum absolute atomic E-state index is 13.6. The summed E-state index contributed by atoms with van der Waals surface area (Å²) in [5.74, 6) is 0.134. The highest BCUT2D eigenvalue weighted by molar-refractivity contribution is 5.24. The fourth-order valence-corrected chi connectivity index (χ4v) is 1.33. The summed E-state index contributed by atoms with van der Waals surface area (Å²) in [7, 11) is 0. The minimum Gasteiger partial charge on any atom is -0.382 e. The maximum Gasteiger partial charge on any atom is 0.149 e. The second kappa shape index (κ2) is 3.68. The lowest BCUT2D eigenvalue weighted by Crippen LogP contribution is -2.06. The highest BCUT2D eigenvalue weighted by Crippen LogP contribution is 2.10. The summed E-state index contributed by atoms with van der Waals surface area (Å²) in [6.45, 7) is 2.00. The van der Waals surface area contributed by atoms with E-state index >= 15 is 0 Å². The van der Waals surface area contributed by atoms with Crippen molar-refractivity contribution in [2.45, 2.75) is 13.5 Å². The van der Waals surface area contributed by atoms with Gasteiger partial charge in [-0.3, -0.25) is 9.67 Å². The van der Waals surface area contributed by atoms with E-state index in [2.05, 4.69) is 10.1 Å². The van der Waals surface area contributed by atoms with Gasteiger partial charge < -0.3 is 5.73 Å². The molecule has 0 saturated heterocycles. The van der Waals surface area contributed by atoms with E-state index in [1.807, 2.05) is 0 Å². The lowest BCUT2D eigenvalue weighted by molar-refractivity contribution is 0.564. The Bertz CT molecular complexity index is 478. The predicted molar refractivity (Wildman–Crippen MR) is 54.7 cm³/mol. The van der Waals surface area contributed by atoms with Crippen LogP contribution < -0.4 is 5.73 Å². The zero-order valence-electron chi connectivity index (χ0n) is 8.31. The smallest absolute Gasteiger partial charge is 0.149 e. The second-order valence-electron chi connectivity index (χ2n) is 3.33. The summed E-state index contributed by atoms with van der Waals surface area (Å²) >= 11 is 0. The highest BCUT2D eigenvalue weighted by Gasteiger charge is 2.07. The van der Waals surface area contributed by atoms with Gasteiger partial charge in [0.2, 0.25) is 0 Å². The van der Waals surface area contributed by atoms with Crippen LogP contribution in [0.4, 0.5) is 10.2 Å². The molecular formula is C10H11FN4. The van der Waals surface area contributed by atoms with E-state index in [4.69, 9.17) is 5.73 Å². The third kappa shape index (κ3) is 1.96. The third-order valence-corrected chi connectivity index (χ3v) is 2.13. The molecule has 0 unspecified atom stereocenters. The van der Waals surface area contributed by atoms with Crippen molar-refractivity contribution in [3.8, 4) is 0 Å².